The van der Waals surface area contributed by atoms with E-state index in [1.807, 2.05) is 0 Å². The van der Waals surface area contributed by atoms with Crippen LogP contribution in [0.25, 0.3) is 82.5 Å². The predicted molar refractivity (Wildman–Crippen MR) is 231 cm³/mol. The topological polar surface area (TPSA) is 21.3 Å². The van der Waals surface area contributed by atoms with Crippen LogP contribution in [0.3, 0.4) is 0 Å². The van der Waals surface area contributed by atoms with Gasteiger partial charge in [-0.1, -0.05) is 133 Å². The molecule has 0 aliphatic heterocycles. The Labute approximate surface area is 318 Å². The Balaban J connectivity index is 1.16. The molecule has 0 amide bonds. The van der Waals surface area contributed by atoms with Gasteiger partial charge >= 0.3 is 0 Å². The van der Waals surface area contributed by atoms with Crippen LogP contribution in [-0.4, -0.2) is 4.57 Å². The molecular formula is C52H34N2O. The van der Waals surface area contributed by atoms with Crippen LogP contribution in [0.15, 0.2) is 211 Å². The van der Waals surface area contributed by atoms with Gasteiger partial charge in [-0.15, -0.1) is 0 Å². The number of fused-ring (bicyclic) bond motifs is 8. The number of benzene rings is 9. The lowest BCUT2D eigenvalue weighted by atomic mass is 9.98. The highest BCUT2D eigenvalue weighted by Gasteiger charge is 2.22. The molecule has 11 aromatic rings. The molecule has 3 nitrogen and oxygen atoms in total. The summed E-state index contributed by atoms with van der Waals surface area (Å²) in [5, 5.41) is 7.00. The van der Waals surface area contributed by atoms with Gasteiger partial charge in [0.25, 0.3) is 0 Å². The van der Waals surface area contributed by atoms with Gasteiger partial charge in [0, 0.05) is 38.6 Å². The van der Waals surface area contributed by atoms with Crippen LogP contribution in [0.2, 0.25) is 0 Å². The van der Waals surface area contributed by atoms with Crippen LogP contribution in [-0.2, 0) is 0 Å². The molecule has 258 valence electrons. The van der Waals surface area contributed by atoms with E-state index in [9.17, 15) is 0 Å². The molecule has 0 spiro atoms. The van der Waals surface area contributed by atoms with E-state index in [1.54, 1.807) is 0 Å². The van der Waals surface area contributed by atoms with Crippen LogP contribution in [0.4, 0.5) is 17.1 Å². The van der Waals surface area contributed by atoms with Crippen LogP contribution >= 0.6 is 0 Å². The van der Waals surface area contributed by atoms with Crippen molar-refractivity contribution in [2.45, 2.75) is 0 Å². The van der Waals surface area contributed by atoms with Gasteiger partial charge < -0.3 is 13.9 Å². The molecule has 0 saturated heterocycles. The molecule has 0 aliphatic carbocycles. The second-order valence-electron chi connectivity index (χ2n) is 14.1. The summed E-state index contributed by atoms with van der Waals surface area (Å²) in [5.41, 5.74) is 13.3. The molecule has 0 fully saturated rings. The molecule has 0 unspecified atom stereocenters. The monoisotopic (exact) mass is 702 g/mol. The lowest BCUT2D eigenvalue weighted by molar-refractivity contribution is 0.669. The zero-order chi connectivity index (χ0) is 36.3. The number of para-hydroxylation sites is 2. The lowest BCUT2D eigenvalue weighted by Crippen LogP contribution is -2.10. The fourth-order valence-electron chi connectivity index (χ4n) is 8.45. The third-order valence-electron chi connectivity index (χ3n) is 11.0. The maximum absolute atomic E-state index is 6.54. The van der Waals surface area contributed by atoms with Gasteiger partial charge in [-0.25, -0.2) is 0 Å². The molecule has 2 aromatic heterocycles. The Morgan fingerprint density at radius 2 is 0.982 bits per heavy atom. The second-order valence-corrected chi connectivity index (χ2v) is 14.1. The number of rotatable bonds is 6. The first-order chi connectivity index (χ1) is 27.3. The summed E-state index contributed by atoms with van der Waals surface area (Å²) in [5.74, 6) is 0. The number of hydrogen-bond acceptors (Lipinski definition) is 2. The van der Waals surface area contributed by atoms with Crippen molar-refractivity contribution in [2.75, 3.05) is 4.90 Å². The molecule has 0 N–H and O–H groups in total. The van der Waals surface area contributed by atoms with E-state index >= 15 is 0 Å². The maximum Gasteiger partial charge on any atom is 0.136 e. The SMILES string of the molecule is c1ccc(-c2ccc(N(c3ccc4oc5ccc6cc(-c7ccccc7)ccc6c5c4c3)c3cccc4c3c3ccccc3n4-c3ccccc3)cc2)cc1. The molecule has 0 saturated carbocycles. The molecule has 9 aromatic carbocycles. The van der Waals surface area contributed by atoms with Gasteiger partial charge in [-0.05, 0) is 106 Å². The summed E-state index contributed by atoms with van der Waals surface area (Å²) in [4.78, 5) is 2.41. The van der Waals surface area contributed by atoms with Gasteiger partial charge in [0.15, 0.2) is 0 Å². The third-order valence-corrected chi connectivity index (χ3v) is 11.0. The van der Waals surface area contributed by atoms with Gasteiger partial charge in [-0.3, -0.25) is 0 Å². The van der Waals surface area contributed by atoms with Gasteiger partial charge in [0.1, 0.15) is 11.2 Å². The van der Waals surface area contributed by atoms with Crippen LogP contribution in [0.5, 0.6) is 0 Å². The summed E-state index contributed by atoms with van der Waals surface area (Å²) in [6, 6.07) is 73.9. The minimum Gasteiger partial charge on any atom is -0.456 e. The van der Waals surface area contributed by atoms with Crippen molar-refractivity contribution in [3.63, 3.8) is 0 Å². The second kappa shape index (κ2) is 12.6. The molecule has 55 heavy (non-hydrogen) atoms. The Hall–Kier alpha value is -7.36. The maximum atomic E-state index is 6.54. The molecule has 3 heteroatoms. The van der Waals surface area contributed by atoms with E-state index in [2.05, 4.69) is 216 Å². The number of furan rings is 1. The fraction of sp³-hybridized carbons (Fsp3) is 0. The van der Waals surface area contributed by atoms with E-state index in [4.69, 9.17) is 4.42 Å². The zero-order valence-corrected chi connectivity index (χ0v) is 29.9. The van der Waals surface area contributed by atoms with E-state index < -0.39 is 0 Å². The smallest absolute Gasteiger partial charge is 0.136 e. The normalized spacial score (nSPS) is 11.6. The number of hydrogen-bond donors (Lipinski definition) is 0. The molecule has 0 radical (unpaired) electrons. The summed E-state index contributed by atoms with van der Waals surface area (Å²) >= 11 is 0. The van der Waals surface area contributed by atoms with Gasteiger partial charge in [0.05, 0.1) is 16.7 Å². The van der Waals surface area contributed by atoms with Crippen molar-refractivity contribution in [3.8, 4) is 27.9 Å². The van der Waals surface area contributed by atoms with Gasteiger partial charge in [0.2, 0.25) is 0 Å². The summed E-state index contributed by atoms with van der Waals surface area (Å²) in [7, 11) is 0. The van der Waals surface area contributed by atoms with Crippen molar-refractivity contribution in [3.05, 3.63) is 206 Å². The van der Waals surface area contributed by atoms with Crippen LogP contribution in [0, 0.1) is 0 Å². The first-order valence-corrected chi connectivity index (χ1v) is 18.8. The summed E-state index contributed by atoms with van der Waals surface area (Å²) in [6.07, 6.45) is 0. The lowest BCUT2D eigenvalue weighted by Gasteiger charge is -2.27. The summed E-state index contributed by atoms with van der Waals surface area (Å²) < 4.78 is 8.93. The van der Waals surface area contributed by atoms with E-state index in [0.717, 1.165) is 50.2 Å². The number of nitrogens with zero attached hydrogens (tertiary/aromatic N) is 2. The minimum absolute atomic E-state index is 0.872. The van der Waals surface area contributed by atoms with Crippen molar-refractivity contribution < 1.29 is 4.42 Å². The Morgan fingerprint density at radius 1 is 0.364 bits per heavy atom. The predicted octanol–water partition coefficient (Wildman–Crippen LogP) is 14.6. The van der Waals surface area contributed by atoms with Crippen molar-refractivity contribution in [1.82, 2.24) is 4.57 Å². The van der Waals surface area contributed by atoms with E-state index in [-0.39, 0.29) is 0 Å². The van der Waals surface area contributed by atoms with Crippen molar-refractivity contribution in [1.29, 1.82) is 0 Å². The zero-order valence-electron chi connectivity index (χ0n) is 29.9. The quantitative estimate of drug-likeness (QED) is 0.172. The Bertz CT molecular complexity index is 3180. The standard InChI is InChI=1S/C52H34N2O/c1-4-13-35(14-5-1)37-23-27-41(28-24-37)53(47-21-12-22-48-52(47)44-19-10-11-20-46(44)54(48)40-17-8-3-9-18-40)42-29-32-49-45(34-42)51-43-30-25-38(36-15-6-2-7-16-36)33-39(43)26-31-50(51)55-49/h1-34H. The molecular weight excluding hydrogens is 669 g/mol. The Kier molecular flexibility index (Phi) is 7.17. The fourth-order valence-corrected chi connectivity index (χ4v) is 8.45. The summed E-state index contributed by atoms with van der Waals surface area (Å²) in [6.45, 7) is 0. The molecule has 0 aliphatic rings. The first-order valence-electron chi connectivity index (χ1n) is 18.8. The van der Waals surface area contributed by atoms with Crippen LogP contribution in [0.1, 0.15) is 0 Å². The largest absolute Gasteiger partial charge is 0.456 e. The molecule has 11 rings (SSSR count). The van der Waals surface area contributed by atoms with Crippen molar-refractivity contribution >= 4 is 71.6 Å². The minimum atomic E-state index is 0.872. The highest BCUT2D eigenvalue weighted by atomic mass is 16.3. The van der Waals surface area contributed by atoms with E-state index in [0.29, 0.717) is 0 Å². The molecule has 0 atom stereocenters. The number of aromatic nitrogens is 1. The van der Waals surface area contributed by atoms with E-state index in [1.165, 1.54) is 49.3 Å². The third kappa shape index (κ3) is 5.13. The highest BCUT2D eigenvalue weighted by Crippen LogP contribution is 2.46. The highest BCUT2D eigenvalue weighted by molar-refractivity contribution is 6.21. The Morgan fingerprint density at radius 3 is 1.76 bits per heavy atom. The number of anilines is 3. The average Bonchev–Trinajstić information content (AvgIpc) is 3.81. The molecule has 2 heterocycles. The van der Waals surface area contributed by atoms with Gasteiger partial charge in [-0.2, -0.15) is 0 Å². The molecule has 0 bridgehead atoms. The average molecular weight is 703 g/mol. The van der Waals surface area contributed by atoms with Crippen LogP contribution < -0.4 is 4.90 Å². The van der Waals surface area contributed by atoms with Crippen molar-refractivity contribution in [2.24, 2.45) is 0 Å². The first kappa shape index (κ1) is 31.2.